The van der Waals surface area contributed by atoms with Gasteiger partial charge in [0, 0.05) is 17.8 Å². The molecule has 132 valence electrons. The van der Waals surface area contributed by atoms with Crippen molar-refractivity contribution in [1.82, 2.24) is 10.1 Å². The van der Waals surface area contributed by atoms with Crippen molar-refractivity contribution in [2.24, 2.45) is 0 Å². The van der Waals surface area contributed by atoms with Gasteiger partial charge in [0.05, 0.1) is 7.11 Å². The number of methoxy groups -OCH3 is 1. The summed E-state index contributed by atoms with van der Waals surface area (Å²) in [5.41, 5.74) is 1.68. The van der Waals surface area contributed by atoms with E-state index in [1.54, 1.807) is 12.0 Å². The van der Waals surface area contributed by atoms with Crippen LogP contribution in [0, 0.1) is 0 Å². The minimum absolute atomic E-state index is 0.00247. The lowest BCUT2D eigenvalue weighted by Crippen LogP contribution is -2.33. The highest BCUT2D eigenvalue weighted by atomic mass is 16.5. The molecule has 1 unspecified atom stereocenters. The number of carbonyl (C=O) groups excluding carboxylic acids is 1. The van der Waals surface area contributed by atoms with Crippen molar-refractivity contribution in [2.75, 3.05) is 23.9 Å². The molecule has 0 bridgehead atoms. The van der Waals surface area contributed by atoms with Gasteiger partial charge in [-0.15, -0.1) is 0 Å². The van der Waals surface area contributed by atoms with Crippen molar-refractivity contribution in [1.29, 1.82) is 0 Å². The highest BCUT2D eigenvalue weighted by molar-refractivity contribution is 6.00. The first-order chi connectivity index (χ1) is 12.7. The zero-order valence-corrected chi connectivity index (χ0v) is 14.3. The number of hydrogen-bond donors (Lipinski definition) is 1. The van der Waals surface area contributed by atoms with E-state index in [1.165, 1.54) is 0 Å². The Morgan fingerprint density at radius 2 is 2.04 bits per heavy atom. The normalized spacial score (nSPS) is 16.7. The number of hydrogen-bond acceptors (Lipinski definition) is 6. The molecule has 1 aliphatic heterocycles. The van der Waals surface area contributed by atoms with E-state index in [0.717, 1.165) is 11.3 Å². The fourth-order valence-corrected chi connectivity index (χ4v) is 2.99. The lowest BCUT2D eigenvalue weighted by Gasteiger charge is -2.16. The van der Waals surface area contributed by atoms with Gasteiger partial charge in [-0.2, -0.15) is 4.98 Å². The number of rotatable bonds is 5. The van der Waals surface area contributed by atoms with Gasteiger partial charge in [0.2, 0.25) is 11.7 Å². The first-order valence-corrected chi connectivity index (χ1v) is 8.36. The van der Waals surface area contributed by atoms with Crippen LogP contribution in [0.1, 0.15) is 6.42 Å². The van der Waals surface area contributed by atoms with Crippen molar-refractivity contribution >= 4 is 17.6 Å². The highest BCUT2D eigenvalue weighted by Crippen LogP contribution is 2.25. The van der Waals surface area contributed by atoms with E-state index < -0.39 is 0 Å². The first-order valence-electron chi connectivity index (χ1n) is 8.36. The molecular formula is C19H18N4O3. The molecule has 7 nitrogen and oxygen atoms in total. The topological polar surface area (TPSA) is 80.5 Å². The molecule has 1 atom stereocenters. The molecule has 0 aliphatic carbocycles. The number of para-hydroxylation sites is 1. The van der Waals surface area contributed by atoms with Crippen LogP contribution in [0.2, 0.25) is 0 Å². The van der Waals surface area contributed by atoms with Crippen LogP contribution in [-0.4, -0.2) is 35.7 Å². The number of amides is 1. The monoisotopic (exact) mass is 350 g/mol. The summed E-state index contributed by atoms with van der Waals surface area (Å²) in [6.45, 7) is 0.650. The summed E-state index contributed by atoms with van der Waals surface area (Å²) in [5, 5.41) is 7.02. The van der Waals surface area contributed by atoms with Gasteiger partial charge in [-0.3, -0.25) is 4.79 Å². The van der Waals surface area contributed by atoms with Crippen LogP contribution in [0.3, 0.4) is 0 Å². The largest absolute Gasteiger partial charge is 0.497 e. The van der Waals surface area contributed by atoms with Gasteiger partial charge >= 0.3 is 6.01 Å². The smallest absolute Gasteiger partial charge is 0.322 e. The van der Waals surface area contributed by atoms with Crippen LogP contribution in [0.15, 0.2) is 59.1 Å². The Hall–Kier alpha value is -3.35. The molecule has 1 aliphatic rings. The summed E-state index contributed by atoms with van der Waals surface area (Å²) in [5.74, 6) is 1.15. The molecule has 2 aromatic carbocycles. The summed E-state index contributed by atoms with van der Waals surface area (Å²) in [6.07, 6.45) is 0.671. The van der Waals surface area contributed by atoms with Gasteiger partial charge in [-0.1, -0.05) is 35.5 Å². The molecule has 1 N–H and O–H groups in total. The molecule has 26 heavy (non-hydrogen) atoms. The summed E-state index contributed by atoms with van der Waals surface area (Å²) < 4.78 is 10.5. The molecule has 0 saturated carbocycles. The molecular weight excluding hydrogens is 332 g/mol. The molecule has 1 amide bonds. The Bertz CT molecular complexity index is 910. The van der Waals surface area contributed by atoms with E-state index in [4.69, 9.17) is 9.26 Å². The second-order valence-corrected chi connectivity index (χ2v) is 5.97. The number of carbonyl (C=O) groups is 1. The molecule has 1 saturated heterocycles. The Kier molecular flexibility index (Phi) is 4.27. The molecule has 3 aromatic rings. The predicted molar refractivity (Wildman–Crippen MR) is 97.1 cm³/mol. The van der Waals surface area contributed by atoms with Crippen LogP contribution < -0.4 is 15.0 Å². The molecule has 7 heteroatoms. The molecule has 1 aromatic heterocycles. The van der Waals surface area contributed by atoms with Crippen LogP contribution in [0.4, 0.5) is 11.7 Å². The third kappa shape index (κ3) is 3.11. The highest BCUT2D eigenvalue weighted by Gasteiger charge is 2.33. The lowest BCUT2D eigenvalue weighted by molar-refractivity contribution is -0.117. The first kappa shape index (κ1) is 16.1. The van der Waals surface area contributed by atoms with Crippen LogP contribution in [0.5, 0.6) is 5.75 Å². The maximum absolute atomic E-state index is 12.6. The Balaban J connectivity index is 1.47. The Morgan fingerprint density at radius 3 is 2.85 bits per heavy atom. The average Bonchev–Trinajstić information content (AvgIpc) is 3.30. The van der Waals surface area contributed by atoms with Crippen molar-refractivity contribution in [3.05, 3.63) is 54.6 Å². The van der Waals surface area contributed by atoms with E-state index in [9.17, 15) is 4.79 Å². The van der Waals surface area contributed by atoms with Crippen molar-refractivity contribution in [3.63, 3.8) is 0 Å². The number of anilines is 2. The average molecular weight is 350 g/mol. The summed E-state index contributed by atoms with van der Waals surface area (Å²) in [4.78, 5) is 18.7. The number of nitrogens with one attached hydrogen (secondary N) is 1. The minimum atomic E-state index is -0.381. The van der Waals surface area contributed by atoms with Crippen LogP contribution in [-0.2, 0) is 4.79 Å². The van der Waals surface area contributed by atoms with Gasteiger partial charge in [0.1, 0.15) is 11.8 Å². The second-order valence-electron chi connectivity index (χ2n) is 5.97. The van der Waals surface area contributed by atoms with Crippen molar-refractivity contribution in [3.8, 4) is 17.1 Å². The quantitative estimate of drug-likeness (QED) is 0.762. The summed E-state index contributed by atoms with van der Waals surface area (Å²) >= 11 is 0. The van der Waals surface area contributed by atoms with Gasteiger partial charge < -0.3 is 19.5 Å². The van der Waals surface area contributed by atoms with E-state index in [2.05, 4.69) is 15.5 Å². The zero-order valence-electron chi connectivity index (χ0n) is 14.3. The number of aromatic nitrogens is 2. The molecule has 0 radical (unpaired) electrons. The van der Waals surface area contributed by atoms with Gasteiger partial charge in [-0.25, -0.2) is 0 Å². The third-order valence-electron chi connectivity index (χ3n) is 4.33. The number of nitrogens with zero attached hydrogens (tertiary/aromatic N) is 3. The fourth-order valence-electron chi connectivity index (χ4n) is 2.99. The van der Waals surface area contributed by atoms with E-state index in [-0.39, 0.29) is 18.0 Å². The summed E-state index contributed by atoms with van der Waals surface area (Å²) in [6, 6.07) is 16.9. The van der Waals surface area contributed by atoms with Crippen molar-refractivity contribution < 1.29 is 14.1 Å². The van der Waals surface area contributed by atoms with Gasteiger partial charge in [0.15, 0.2) is 0 Å². The standard InChI is InChI=1S/C19H18N4O3/c1-25-15-9-5-6-13(12-15)17-21-19(26-22-17)20-16-10-11-23(18(16)24)14-7-3-2-4-8-14/h2-9,12,16H,10-11H2,1H3,(H,20,21,22). The molecule has 2 heterocycles. The molecule has 1 fully saturated rings. The van der Waals surface area contributed by atoms with Crippen LogP contribution in [0.25, 0.3) is 11.4 Å². The van der Waals surface area contributed by atoms with E-state index in [0.29, 0.717) is 24.5 Å². The SMILES string of the molecule is COc1cccc(-c2noc(NC3CCN(c4ccccc4)C3=O)n2)c1. The Labute approximate surface area is 150 Å². The maximum atomic E-state index is 12.6. The van der Waals surface area contributed by atoms with Gasteiger partial charge in [-0.05, 0) is 30.7 Å². The Morgan fingerprint density at radius 1 is 1.19 bits per heavy atom. The minimum Gasteiger partial charge on any atom is -0.497 e. The van der Waals surface area contributed by atoms with E-state index in [1.807, 2.05) is 54.6 Å². The third-order valence-corrected chi connectivity index (χ3v) is 4.33. The maximum Gasteiger partial charge on any atom is 0.322 e. The second kappa shape index (κ2) is 6.87. The number of benzene rings is 2. The van der Waals surface area contributed by atoms with E-state index >= 15 is 0 Å². The fraction of sp³-hybridized carbons (Fsp3) is 0.211. The molecule has 0 spiro atoms. The van der Waals surface area contributed by atoms with Crippen molar-refractivity contribution in [2.45, 2.75) is 12.5 Å². The van der Waals surface area contributed by atoms with Crippen LogP contribution >= 0.6 is 0 Å². The number of ether oxygens (including phenoxy) is 1. The zero-order chi connectivity index (χ0) is 17.9. The molecule has 4 rings (SSSR count). The summed E-state index contributed by atoms with van der Waals surface area (Å²) in [7, 11) is 1.60. The predicted octanol–water partition coefficient (Wildman–Crippen LogP) is 2.96. The van der Waals surface area contributed by atoms with Gasteiger partial charge in [0.25, 0.3) is 0 Å². The lowest BCUT2D eigenvalue weighted by atomic mass is 10.2.